The van der Waals surface area contributed by atoms with Gasteiger partial charge in [-0.15, -0.1) is 16.7 Å². The van der Waals surface area contributed by atoms with Crippen LogP contribution in [0.3, 0.4) is 0 Å². The average Bonchev–Trinajstić information content (AvgIpc) is 1.66. The van der Waals surface area contributed by atoms with E-state index in [2.05, 4.69) is 6.58 Å². The monoisotopic (exact) mass is 136 g/mol. The van der Waals surface area contributed by atoms with E-state index in [9.17, 15) is 0 Å². The maximum Gasteiger partial charge on any atom is 0.291 e. The number of nitrogens with zero attached hydrogens (tertiary/aromatic N) is 1. The predicted molar refractivity (Wildman–Crippen MR) is 28.8 cm³/mol. The summed E-state index contributed by atoms with van der Waals surface area (Å²) in [4.78, 5) is 8.36. The molecule has 0 radical (unpaired) electrons. The summed E-state index contributed by atoms with van der Waals surface area (Å²) in [6.07, 6.45) is 1.57. The van der Waals surface area contributed by atoms with Gasteiger partial charge in [-0.3, -0.25) is 0 Å². The molecule has 0 saturated carbocycles. The zero-order valence-electron chi connectivity index (χ0n) is 4.65. The Hall–Kier alpha value is -1.14. The number of hydrogen-bond acceptors (Lipinski definition) is 4. The van der Waals surface area contributed by atoms with Crippen molar-refractivity contribution in [2.24, 2.45) is 0 Å². The summed E-state index contributed by atoms with van der Waals surface area (Å²) in [6, 6.07) is 0. The fourth-order valence-corrected chi connectivity index (χ4v) is 0.0645. The zero-order chi connectivity index (χ0) is 7.70. The first-order chi connectivity index (χ1) is 4.15. The predicted octanol–water partition coefficient (Wildman–Crippen LogP) is -0.197. The molecule has 0 spiro atoms. The first-order valence-electron chi connectivity index (χ1n) is 1.96. The van der Waals surface area contributed by atoms with Gasteiger partial charge in [-0.25, -0.2) is 5.48 Å². The zero-order valence-corrected chi connectivity index (χ0v) is 4.65. The van der Waals surface area contributed by atoms with Crippen LogP contribution in [0.4, 0.5) is 0 Å². The van der Waals surface area contributed by atoms with Crippen LogP contribution >= 0.6 is 0 Å². The Balaban J connectivity index is 0. The highest BCUT2D eigenvalue weighted by Crippen LogP contribution is 1.48. The standard InChI is InChI=1S/C3H7NO.HNO3/c1-2-3-4-5;2-1(3)4/h2,4-5H,1,3H2;(H,2,3,4). The Morgan fingerprint density at radius 3 is 2.22 bits per heavy atom. The van der Waals surface area contributed by atoms with Crippen LogP contribution in [0, 0.1) is 10.1 Å². The molecule has 0 aromatic rings. The molecule has 54 valence electrons. The van der Waals surface area contributed by atoms with Crippen molar-refractivity contribution < 1.29 is 15.5 Å². The minimum absolute atomic E-state index is 0.458. The molecule has 0 saturated heterocycles. The van der Waals surface area contributed by atoms with Crippen LogP contribution in [0.25, 0.3) is 0 Å². The summed E-state index contributed by atoms with van der Waals surface area (Å²) in [7, 11) is 0. The summed E-state index contributed by atoms with van der Waals surface area (Å²) >= 11 is 0. The van der Waals surface area contributed by atoms with Gasteiger partial charge in [0.1, 0.15) is 0 Å². The van der Waals surface area contributed by atoms with Crippen molar-refractivity contribution in [1.82, 2.24) is 5.48 Å². The lowest BCUT2D eigenvalue weighted by molar-refractivity contribution is -0.742. The van der Waals surface area contributed by atoms with Gasteiger partial charge in [0, 0.05) is 6.54 Å². The molecular formula is C3H8N2O4. The van der Waals surface area contributed by atoms with Crippen LogP contribution in [-0.2, 0) is 0 Å². The number of rotatable bonds is 2. The highest BCUT2D eigenvalue weighted by molar-refractivity contribution is 4.65. The van der Waals surface area contributed by atoms with Crippen molar-refractivity contribution in [3.8, 4) is 0 Å². The molecule has 0 amide bonds. The Labute approximate surface area is 51.5 Å². The van der Waals surface area contributed by atoms with Gasteiger partial charge < -0.3 is 10.4 Å². The van der Waals surface area contributed by atoms with Crippen molar-refractivity contribution in [2.45, 2.75) is 0 Å². The molecule has 9 heavy (non-hydrogen) atoms. The van der Waals surface area contributed by atoms with E-state index in [4.69, 9.17) is 20.5 Å². The van der Waals surface area contributed by atoms with Crippen molar-refractivity contribution >= 4 is 0 Å². The molecule has 0 bridgehead atoms. The van der Waals surface area contributed by atoms with E-state index in [1.807, 2.05) is 5.48 Å². The summed E-state index contributed by atoms with van der Waals surface area (Å²) in [6.45, 7) is 3.79. The van der Waals surface area contributed by atoms with Gasteiger partial charge in [0.25, 0.3) is 5.09 Å². The van der Waals surface area contributed by atoms with E-state index in [0.29, 0.717) is 6.54 Å². The van der Waals surface area contributed by atoms with E-state index in [-0.39, 0.29) is 0 Å². The van der Waals surface area contributed by atoms with Crippen molar-refractivity contribution in [2.75, 3.05) is 6.54 Å². The number of hydrogen-bond donors (Lipinski definition) is 3. The minimum atomic E-state index is -1.50. The summed E-state index contributed by atoms with van der Waals surface area (Å²) < 4.78 is 0. The molecule has 0 rings (SSSR count). The van der Waals surface area contributed by atoms with Crippen LogP contribution in [0.2, 0.25) is 0 Å². The molecule has 0 fully saturated rings. The van der Waals surface area contributed by atoms with Gasteiger partial charge >= 0.3 is 0 Å². The maximum absolute atomic E-state index is 8.36. The SMILES string of the molecule is C=CCNO.O=[N+]([O-])O. The molecule has 3 N–H and O–H groups in total. The summed E-state index contributed by atoms with van der Waals surface area (Å²) in [5.41, 5.74) is 1.90. The minimum Gasteiger partial charge on any atom is -0.328 e. The van der Waals surface area contributed by atoms with E-state index < -0.39 is 5.09 Å². The third-order valence-electron chi connectivity index (χ3n) is 0.236. The van der Waals surface area contributed by atoms with Gasteiger partial charge in [0.05, 0.1) is 0 Å². The second-order valence-corrected chi connectivity index (χ2v) is 0.889. The molecule has 0 unspecified atom stereocenters. The fourth-order valence-electron chi connectivity index (χ4n) is 0.0645. The van der Waals surface area contributed by atoms with Crippen LogP contribution in [0.15, 0.2) is 12.7 Å². The van der Waals surface area contributed by atoms with Gasteiger partial charge in [0.15, 0.2) is 0 Å². The van der Waals surface area contributed by atoms with E-state index in [0.717, 1.165) is 0 Å². The largest absolute Gasteiger partial charge is 0.328 e. The molecule has 0 aliphatic carbocycles. The fraction of sp³-hybridized carbons (Fsp3) is 0.333. The van der Waals surface area contributed by atoms with Crippen molar-refractivity contribution in [3.05, 3.63) is 22.8 Å². The Kier molecular flexibility index (Phi) is 11.9. The third-order valence-corrected chi connectivity index (χ3v) is 0.236. The molecule has 0 aliphatic heterocycles. The maximum atomic E-state index is 8.36. The Morgan fingerprint density at radius 1 is 1.89 bits per heavy atom. The topological polar surface area (TPSA) is 95.6 Å². The molecular weight excluding hydrogens is 128 g/mol. The Bertz CT molecular complexity index is 79.9. The summed E-state index contributed by atoms with van der Waals surface area (Å²) in [5.74, 6) is 0. The van der Waals surface area contributed by atoms with Gasteiger partial charge in [-0.2, -0.15) is 0 Å². The lowest BCUT2D eigenvalue weighted by Gasteiger charge is -1.78. The molecule has 0 heterocycles. The third kappa shape index (κ3) is 219. The molecule has 6 nitrogen and oxygen atoms in total. The number of nitrogens with one attached hydrogen (secondary N) is 1. The molecule has 0 aromatic heterocycles. The molecule has 6 heteroatoms. The normalized spacial score (nSPS) is 6.78. The highest BCUT2D eigenvalue weighted by Gasteiger charge is 1.65. The van der Waals surface area contributed by atoms with Crippen molar-refractivity contribution in [1.29, 1.82) is 0 Å². The second kappa shape index (κ2) is 9.97. The smallest absolute Gasteiger partial charge is 0.291 e. The number of hydroxylamine groups is 1. The van der Waals surface area contributed by atoms with Gasteiger partial charge in [-0.05, 0) is 0 Å². The second-order valence-electron chi connectivity index (χ2n) is 0.889. The van der Waals surface area contributed by atoms with E-state index >= 15 is 0 Å². The van der Waals surface area contributed by atoms with Crippen molar-refractivity contribution in [3.63, 3.8) is 0 Å². The highest BCUT2D eigenvalue weighted by atomic mass is 16.9. The first-order valence-corrected chi connectivity index (χ1v) is 1.96. The molecule has 0 aliphatic rings. The van der Waals surface area contributed by atoms with Crippen LogP contribution < -0.4 is 5.48 Å². The van der Waals surface area contributed by atoms with Crippen LogP contribution in [0.1, 0.15) is 0 Å². The average molecular weight is 136 g/mol. The van der Waals surface area contributed by atoms with E-state index in [1.165, 1.54) is 0 Å². The summed E-state index contributed by atoms with van der Waals surface area (Å²) in [5, 5.41) is 21.4. The molecule has 0 atom stereocenters. The lowest BCUT2D eigenvalue weighted by Crippen LogP contribution is -2.04. The van der Waals surface area contributed by atoms with E-state index in [1.54, 1.807) is 6.08 Å². The van der Waals surface area contributed by atoms with Gasteiger partial charge in [0.2, 0.25) is 0 Å². The quantitative estimate of drug-likeness (QED) is 0.277. The van der Waals surface area contributed by atoms with Crippen LogP contribution in [0.5, 0.6) is 0 Å². The van der Waals surface area contributed by atoms with Crippen LogP contribution in [-0.4, -0.2) is 22.0 Å². The first kappa shape index (κ1) is 10.8. The molecule has 0 aromatic carbocycles. The Morgan fingerprint density at radius 2 is 2.22 bits per heavy atom. The lowest BCUT2D eigenvalue weighted by atomic mass is 10.7. The van der Waals surface area contributed by atoms with Gasteiger partial charge in [-0.1, -0.05) is 6.08 Å².